The largest absolute Gasteiger partial charge is 0.534 e. The fourth-order valence-corrected chi connectivity index (χ4v) is 3.38. The van der Waals surface area contributed by atoms with Gasteiger partial charge in [0.25, 0.3) is 0 Å². The Balaban J connectivity index is 2.55. The molecule has 0 saturated carbocycles. The van der Waals surface area contributed by atoms with Crippen LogP contribution in [0, 0.1) is 6.92 Å². The van der Waals surface area contributed by atoms with Crippen LogP contribution in [0.5, 0.6) is 5.75 Å². The first kappa shape index (κ1) is 18.8. The number of rotatable bonds is 4. The molecule has 0 N–H and O–H groups in total. The van der Waals surface area contributed by atoms with E-state index < -0.39 is 15.6 Å². The van der Waals surface area contributed by atoms with E-state index in [1.807, 2.05) is 13.8 Å². The van der Waals surface area contributed by atoms with Crippen LogP contribution < -0.4 is 4.18 Å². The summed E-state index contributed by atoms with van der Waals surface area (Å²) in [5.41, 5.74) is -2.48. The van der Waals surface area contributed by atoms with E-state index in [0.29, 0.717) is 5.56 Å². The predicted octanol–water partition coefficient (Wildman–Crippen LogP) is 5.09. The van der Waals surface area contributed by atoms with E-state index >= 15 is 0 Å². The topological polar surface area (TPSA) is 43.4 Å². The second-order valence-corrected chi connectivity index (χ2v) is 8.25. The minimum Gasteiger partial charge on any atom is -0.376 e. The molecular weight excluding hydrogens is 341 g/mol. The maximum Gasteiger partial charge on any atom is 0.534 e. The molecule has 2 rings (SSSR count). The van der Waals surface area contributed by atoms with Crippen molar-refractivity contribution in [2.75, 3.05) is 0 Å². The molecule has 0 saturated heterocycles. The van der Waals surface area contributed by atoms with Crippen molar-refractivity contribution in [1.29, 1.82) is 0 Å². The van der Waals surface area contributed by atoms with Crippen LogP contribution in [0.2, 0.25) is 0 Å². The zero-order chi connectivity index (χ0) is 18.3. The molecule has 0 amide bonds. The Morgan fingerprint density at radius 3 is 2.42 bits per heavy atom. The summed E-state index contributed by atoms with van der Waals surface area (Å²) in [6.45, 7) is 7.55. The predicted molar refractivity (Wildman–Crippen MR) is 87.3 cm³/mol. The average molecular weight is 362 g/mol. The number of alkyl halides is 3. The molecule has 0 atom stereocenters. The third-order valence-corrected chi connectivity index (χ3v) is 5.22. The molecule has 0 radical (unpaired) electrons. The van der Waals surface area contributed by atoms with Gasteiger partial charge in [0.1, 0.15) is 5.75 Å². The van der Waals surface area contributed by atoms with Crippen molar-refractivity contribution in [2.24, 2.45) is 0 Å². The lowest BCUT2D eigenvalue weighted by Gasteiger charge is -2.33. The smallest absolute Gasteiger partial charge is 0.376 e. The van der Waals surface area contributed by atoms with Gasteiger partial charge in [0.05, 0.1) is 0 Å². The summed E-state index contributed by atoms with van der Waals surface area (Å²) >= 11 is 0. The molecule has 0 fully saturated rings. The standard InChI is InChI=1S/C17H21F3O3S/c1-5-6-12-7-8-16(3,4)14-10-15(11(2)9-13(12)14)23-24(21,22)17(18,19)20/h7,9-10H,5-6,8H2,1-4H3. The summed E-state index contributed by atoms with van der Waals surface area (Å²) in [5.74, 6) is -0.267. The Morgan fingerprint density at radius 2 is 1.88 bits per heavy atom. The molecule has 1 aromatic carbocycles. The second kappa shape index (κ2) is 6.10. The molecule has 0 spiro atoms. The molecule has 134 valence electrons. The maximum absolute atomic E-state index is 12.6. The number of fused-ring (bicyclic) bond motifs is 1. The van der Waals surface area contributed by atoms with E-state index in [0.717, 1.165) is 36.0 Å². The Morgan fingerprint density at radius 1 is 1.25 bits per heavy atom. The van der Waals surface area contributed by atoms with Crippen molar-refractivity contribution in [2.45, 2.75) is 57.9 Å². The maximum atomic E-state index is 12.6. The fraction of sp³-hybridized carbons (Fsp3) is 0.529. The first-order chi connectivity index (χ1) is 10.9. The van der Waals surface area contributed by atoms with Gasteiger partial charge in [-0.05, 0) is 59.6 Å². The van der Waals surface area contributed by atoms with Crippen LogP contribution in [0.1, 0.15) is 56.7 Å². The van der Waals surface area contributed by atoms with Crippen LogP contribution in [0.3, 0.4) is 0 Å². The van der Waals surface area contributed by atoms with E-state index in [-0.39, 0.29) is 11.2 Å². The van der Waals surface area contributed by atoms with Crippen molar-refractivity contribution in [3.63, 3.8) is 0 Å². The van der Waals surface area contributed by atoms with E-state index in [1.54, 1.807) is 13.0 Å². The van der Waals surface area contributed by atoms with Crippen molar-refractivity contribution in [1.82, 2.24) is 0 Å². The molecule has 24 heavy (non-hydrogen) atoms. The van der Waals surface area contributed by atoms with Crippen molar-refractivity contribution < 1.29 is 25.8 Å². The van der Waals surface area contributed by atoms with E-state index in [2.05, 4.69) is 17.2 Å². The number of aryl methyl sites for hydroxylation is 1. The highest BCUT2D eigenvalue weighted by Crippen LogP contribution is 2.43. The molecule has 0 aromatic heterocycles. The third kappa shape index (κ3) is 3.45. The molecule has 1 aromatic rings. The lowest BCUT2D eigenvalue weighted by atomic mass is 9.72. The molecule has 0 aliphatic heterocycles. The van der Waals surface area contributed by atoms with Gasteiger partial charge >= 0.3 is 15.6 Å². The summed E-state index contributed by atoms with van der Waals surface area (Å²) in [6, 6.07) is 3.16. The number of halogens is 3. The molecule has 1 aliphatic carbocycles. The lowest BCUT2D eigenvalue weighted by molar-refractivity contribution is -0.0500. The van der Waals surface area contributed by atoms with Gasteiger partial charge in [0, 0.05) is 0 Å². The van der Waals surface area contributed by atoms with Crippen molar-refractivity contribution in [3.05, 3.63) is 34.9 Å². The van der Waals surface area contributed by atoms with Gasteiger partial charge in [0.15, 0.2) is 0 Å². The van der Waals surface area contributed by atoms with Crippen LogP contribution >= 0.6 is 0 Å². The Bertz CT molecular complexity index is 775. The van der Waals surface area contributed by atoms with Gasteiger partial charge in [0.2, 0.25) is 0 Å². The van der Waals surface area contributed by atoms with E-state index in [9.17, 15) is 21.6 Å². The minimum atomic E-state index is -5.68. The Hall–Kier alpha value is -1.50. The summed E-state index contributed by atoms with van der Waals surface area (Å²) in [6.07, 6.45) is 4.71. The van der Waals surface area contributed by atoms with Gasteiger partial charge in [-0.25, -0.2) is 0 Å². The highest BCUT2D eigenvalue weighted by molar-refractivity contribution is 7.88. The normalized spacial score (nSPS) is 17.2. The molecule has 0 bridgehead atoms. The van der Waals surface area contributed by atoms with Crippen LogP contribution in [0.15, 0.2) is 18.2 Å². The average Bonchev–Trinajstić information content (AvgIpc) is 2.42. The quantitative estimate of drug-likeness (QED) is 0.554. The van der Waals surface area contributed by atoms with Crippen LogP contribution in [-0.4, -0.2) is 13.9 Å². The molecule has 1 aliphatic rings. The first-order valence-corrected chi connectivity index (χ1v) is 9.15. The van der Waals surface area contributed by atoms with Crippen LogP contribution in [-0.2, 0) is 15.5 Å². The number of benzene rings is 1. The number of allylic oxidation sites excluding steroid dienone is 2. The lowest BCUT2D eigenvalue weighted by Crippen LogP contribution is -2.29. The van der Waals surface area contributed by atoms with Gasteiger partial charge in [-0.1, -0.05) is 33.3 Å². The fourth-order valence-electron chi connectivity index (χ4n) is 2.87. The Kier molecular flexibility index (Phi) is 4.78. The van der Waals surface area contributed by atoms with Crippen molar-refractivity contribution >= 4 is 15.7 Å². The van der Waals surface area contributed by atoms with Gasteiger partial charge in [-0.15, -0.1) is 0 Å². The molecule has 3 nitrogen and oxygen atoms in total. The summed E-state index contributed by atoms with van der Waals surface area (Å²) in [5, 5.41) is 0. The highest BCUT2D eigenvalue weighted by Gasteiger charge is 2.49. The van der Waals surface area contributed by atoms with Crippen LogP contribution in [0.25, 0.3) is 5.57 Å². The highest BCUT2D eigenvalue weighted by atomic mass is 32.2. The van der Waals surface area contributed by atoms with Crippen molar-refractivity contribution in [3.8, 4) is 5.75 Å². The van der Waals surface area contributed by atoms with Gasteiger partial charge in [-0.2, -0.15) is 21.6 Å². The second-order valence-electron chi connectivity index (χ2n) is 6.71. The Labute approximate surface area is 140 Å². The molecule has 0 unspecified atom stereocenters. The van der Waals surface area contributed by atoms with Gasteiger partial charge in [-0.3, -0.25) is 0 Å². The zero-order valence-electron chi connectivity index (χ0n) is 14.1. The minimum absolute atomic E-state index is 0.267. The zero-order valence-corrected chi connectivity index (χ0v) is 14.9. The van der Waals surface area contributed by atoms with E-state index in [1.165, 1.54) is 6.07 Å². The van der Waals surface area contributed by atoms with E-state index in [4.69, 9.17) is 0 Å². The number of hydrogen-bond donors (Lipinski definition) is 0. The summed E-state index contributed by atoms with van der Waals surface area (Å²) in [7, 11) is -5.68. The monoisotopic (exact) mass is 362 g/mol. The first-order valence-electron chi connectivity index (χ1n) is 7.74. The molecular formula is C17H21F3O3S. The van der Waals surface area contributed by atoms with Gasteiger partial charge < -0.3 is 4.18 Å². The summed E-state index contributed by atoms with van der Waals surface area (Å²) in [4.78, 5) is 0. The third-order valence-electron chi connectivity index (χ3n) is 4.25. The number of hydrogen-bond acceptors (Lipinski definition) is 3. The molecule has 7 heteroatoms. The molecule has 0 heterocycles. The summed E-state index contributed by atoms with van der Waals surface area (Å²) < 4.78 is 64.7. The van der Waals surface area contributed by atoms with Crippen LogP contribution in [0.4, 0.5) is 13.2 Å². The SMILES string of the molecule is CCCC1=CCC(C)(C)c2cc(OS(=O)(=O)C(F)(F)F)c(C)cc21.